The van der Waals surface area contributed by atoms with Crippen LogP contribution in [0.3, 0.4) is 0 Å². The van der Waals surface area contributed by atoms with Crippen molar-refractivity contribution in [2.24, 2.45) is 0 Å². The largest absolute Gasteiger partial charge is 0.333 e. The fourth-order valence-electron chi connectivity index (χ4n) is 7.65. The Balaban J connectivity index is 1.13. The molecule has 45 heavy (non-hydrogen) atoms. The molecule has 2 aliphatic rings. The number of benzene rings is 6. The van der Waals surface area contributed by atoms with Crippen LogP contribution < -0.4 is 4.90 Å². The molecule has 0 spiro atoms. The molecule has 8 aromatic rings. The van der Waals surface area contributed by atoms with Crippen LogP contribution in [0.4, 0.5) is 11.4 Å². The monoisotopic (exact) mass is 592 g/mol. The van der Waals surface area contributed by atoms with Crippen LogP contribution in [0.25, 0.3) is 64.4 Å². The average molecular weight is 593 g/mol. The van der Waals surface area contributed by atoms with E-state index in [1.165, 1.54) is 81.3 Å². The SMILES string of the molecule is C1=CCC2C(=C1)c1cc(-c3ccc4c(c3)c3ccccc3n4-c3ccc4c(c3)sc3ccccc34)ccc1N2c1ccccc1. The quantitative estimate of drug-likeness (QED) is 0.198. The molecule has 0 saturated carbocycles. The Kier molecular flexibility index (Phi) is 5.31. The summed E-state index contributed by atoms with van der Waals surface area (Å²) in [5, 5.41) is 5.23. The normalized spacial score (nSPS) is 15.7. The lowest BCUT2D eigenvalue weighted by molar-refractivity contribution is 0.829. The fourth-order valence-corrected chi connectivity index (χ4v) is 8.79. The standard InChI is InChI=1S/C42H28N2S/c1-2-10-29(11-3-1)43-37-15-7-4-12-31(37)35-24-27(18-22-39(35)43)28-19-23-40-36(25-28)32-13-5-8-16-38(32)44(40)30-20-21-34-33-14-6-9-17-41(33)45-42(34)26-30/h1-14,16-26,37H,15H2. The third kappa shape index (κ3) is 3.68. The van der Waals surface area contributed by atoms with Crippen molar-refractivity contribution in [1.29, 1.82) is 0 Å². The minimum Gasteiger partial charge on any atom is -0.333 e. The predicted octanol–water partition coefficient (Wildman–Crippen LogP) is 11.7. The van der Waals surface area contributed by atoms with Crippen molar-refractivity contribution >= 4 is 70.3 Å². The molecular weight excluding hydrogens is 565 g/mol. The molecular formula is C42H28N2S. The Bertz CT molecular complexity index is 2530. The molecule has 0 saturated heterocycles. The van der Waals surface area contributed by atoms with E-state index in [-0.39, 0.29) is 0 Å². The molecule has 212 valence electrons. The molecule has 0 amide bonds. The summed E-state index contributed by atoms with van der Waals surface area (Å²) < 4.78 is 5.09. The van der Waals surface area contributed by atoms with Crippen LogP contribution in [-0.2, 0) is 0 Å². The highest BCUT2D eigenvalue weighted by Gasteiger charge is 2.35. The number of hydrogen-bond donors (Lipinski definition) is 0. The highest BCUT2D eigenvalue weighted by Crippen LogP contribution is 2.48. The van der Waals surface area contributed by atoms with Gasteiger partial charge in [0.25, 0.3) is 0 Å². The van der Waals surface area contributed by atoms with Crippen molar-refractivity contribution in [1.82, 2.24) is 4.57 Å². The summed E-state index contributed by atoms with van der Waals surface area (Å²) in [4.78, 5) is 2.51. The summed E-state index contributed by atoms with van der Waals surface area (Å²) in [7, 11) is 0. The number of hydrogen-bond acceptors (Lipinski definition) is 2. The van der Waals surface area contributed by atoms with Crippen molar-refractivity contribution in [3.63, 3.8) is 0 Å². The molecule has 1 aliphatic heterocycles. The summed E-state index contributed by atoms with van der Waals surface area (Å²) in [6.45, 7) is 0. The van der Waals surface area contributed by atoms with Crippen LogP contribution >= 0.6 is 11.3 Å². The second-order valence-corrected chi connectivity index (χ2v) is 13.2. The van der Waals surface area contributed by atoms with Gasteiger partial charge in [-0.25, -0.2) is 0 Å². The Hall–Kier alpha value is -5.38. The number of rotatable bonds is 3. The van der Waals surface area contributed by atoms with Gasteiger partial charge in [0.2, 0.25) is 0 Å². The van der Waals surface area contributed by atoms with Gasteiger partial charge in [0.05, 0.1) is 17.1 Å². The summed E-state index contributed by atoms with van der Waals surface area (Å²) in [6.07, 6.45) is 7.83. The molecule has 6 aromatic carbocycles. The zero-order valence-electron chi connectivity index (χ0n) is 24.5. The molecule has 0 bridgehead atoms. The van der Waals surface area contributed by atoms with Crippen LogP contribution in [0, 0.1) is 0 Å². The predicted molar refractivity (Wildman–Crippen MR) is 193 cm³/mol. The maximum atomic E-state index is 2.51. The molecule has 2 nitrogen and oxygen atoms in total. The third-order valence-corrected chi connectivity index (χ3v) is 10.8. The number of anilines is 2. The van der Waals surface area contributed by atoms with Crippen molar-refractivity contribution in [2.75, 3.05) is 4.90 Å². The van der Waals surface area contributed by atoms with Gasteiger partial charge in [0, 0.05) is 53.6 Å². The van der Waals surface area contributed by atoms with Crippen LogP contribution in [0.1, 0.15) is 12.0 Å². The van der Waals surface area contributed by atoms with E-state index in [1.807, 2.05) is 11.3 Å². The van der Waals surface area contributed by atoms with Crippen LogP contribution in [0.5, 0.6) is 0 Å². The molecule has 3 heterocycles. The van der Waals surface area contributed by atoms with E-state index in [2.05, 4.69) is 161 Å². The Labute approximate surface area is 265 Å². The van der Waals surface area contributed by atoms with Crippen LogP contribution in [0.2, 0.25) is 0 Å². The molecule has 1 unspecified atom stereocenters. The number of nitrogens with zero attached hydrogens (tertiary/aromatic N) is 2. The van der Waals surface area contributed by atoms with E-state index in [0.29, 0.717) is 6.04 Å². The Morgan fingerprint density at radius 2 is 1.31 bits per heavy atom. The molecule has 0 N–H and O–H groups in total. The second kappa shape index (κ2) is 9.56. The number of allylic oxidation sites excluding steroid dienone is 2. The van der Waals surface area contributed by atoms with Crippen LogP contribution in [0.15, 0.2) is 152 Å². The molecule has 1 atom stereocenters. The van der Waals surface area contributed by atoms with Crippen molar-refractivity contribution in [3.8, 4) is 16.8 Å². The summed E-state index contributed by atoms with van der Waals surface area (Å²) in [6, 6.07) is 49.7. The fraction of sp³-hybridized carbons (Fsp3) is 0.0476. The minimum absolute atomic E-state index is 0.335. The molecule has 1 aliphatic carbocycles. The zero-order chi connectivity index (χ0) is 29.5. The molecule has 2 aromatic heterocycles. The smallest absolute Gasteiger partial charge is 0.0632 e. The van der Waals surface area contributed by atoms with E-state index in [0.717, 1.165) is 6.42 Å². The number of fused-ring (bicyclic) bond motifs is 9. The topological polar surface area (TPSA) is 8.17 Å². The van der Waals surface area contributed by atoms with Gasteiger partial charge in [-0.2, -0.15) is 0 Å². The van der Waals surface area contributed by atoms with E-state index >= 15 is 0 Å². The van der Waals surface area contributed by atoms with E-state index in [9.17, 15) is 0 Å². The zero-order valence-corrected chi connectivity index (χ0v) is 25.3. The van der Waals surface area contributed by atoms with Crippen LogP contribution in [-0.4, -0.2) is 10.6 Å². The number of aromatic nitrogens is 1. The molecule has 0 fully saturated rings. The van der Waals surface area contributed by atoms with Crippen molar-refractivity contribution < 1.29 is 0 Å². The van der Waals surface area contributed by atoms with Gasteiger partial charge in [-0.15, -0.1) is 11.3 Å². The molecule has 3 heteroatoms. The van der Waals surface area contributed by atoms with Gasteiger partial charge in [-0.1, -0.05) is 91.0 Å². The van der Waals surface area contributed by atoms with Gasteiger partial charge in [-0.05, 0) is 83.8 Å². The maximum Gasteiger partial charge on any atom is 0.0632 e. The summed E-state index contributed by atoms with van der Waals surface area (Å²) in [5.41, 5.74) is 11.5. The van der Waals surface area contributed by atoms with Gasteiger partial charge in [0.15, 0.2) is 0 Å². The molecule has 0 radical (unpaired) electrons. The maximum absolute atomic E-state index is 2.51. The van der Waals surface area contributed by atoms with Crippen molar-refractivity contribution in [3.05, 3.63) is 157 Å². The van der Waals surface area contributed by atoms with E-state index < -0.39 is 0 Å². The number of thiophene rings is 1. The lowest BCUT2D eigenvalue weighted by Crippen LogP contribution is -2.26. The average Bonchev–Trinajstić information content (AvgIpc) is 3.75. The van der Waals surface area contributed by atoms with Crippen molar-refractivity contribution in [2.45, 2.75) is 12.5 Å². The Morgan fingerprint density at radius 1 is 0.556 bits per heavy atom. The first kappa shape index (κ1) is 25.0. The lowest BCUT2D eigenvalue weighted by Gasteiger charge is -2.28. The van der Waals surface area contributed by atoms with Gasteiger partial charge in [0.1, 0.15) is 0 Å². The minimum atomic E-state index is 0.335. The highest BCUT2D eigenvalue weighted by atomic mass is 32.1. The highest BCUT2D eigenvalue weighted by molar-refractivity contribution is 7.25. The first-order chi connectivity index (χ1) is 22.3. The van der Waals surface area contributed by atoms with Gasteiger partial charge in [-0.3, -0.25) is 0 Å². The van der Waals surface area contributed by atoms with E-state index in [1.54, 1.807) is 0 Å². The van der Waals surface area contributed by atoms with E-state index in [4.69, 9.17) is 0 Å². The first-order valence-electron chi connectivity index (χ1n) is 15.6. The summed E-state index contributed by atoms with van der Waals surface area (Å²) in [5.74, 6) is 0. The number of para-hydroxylation sites is 2. The second-order valence-electron chi connectivity index (χ2n) is 12.1. The lowest BCUT2D eigenvalue weighted by atomic mass is 9.93. The van der Waals surface area contributed by atoms with Gasteiger partial charge >= 0.3 is 0 Å². The van der Waals surface area contributed by atoms with Gasteiger partial charge < -0.3 is 9.47 Å². The first-order valence-corrected chi connectivity index (χ1v) is 16.4. The third-order valence-electron chi connectivity index (χ3n) is 9.67. The Morgan fingerprint density at radius 3 is 2.24 bits per heavy atom. The molecule has 10 rings (SSSR count). The summed E-state index contributed by atoms with van der Waals surface area (Å²) >= 11 is 1.87.